The van der Waals surface area contributed by atoms with Crippen molar-refractivity contribution in [2.75, 3.05) is 7.05 Å². The van der Waals surface area contributed by atoms with Gasteiger partial charge in [0.2, 0.25) is 0 Å². The van der Waals surface area contributed by atoms with Gasteiger partial charge >= 0.3 is 0 Å². The topological polar surface area (TPSA) is 66.7 Å². The lowest BCUT2D eigenvalue weighted by Gasteiger charge is -1.92. The highest BCUT2D eigenvalue weighted by molar-refractivity contribution is 5.47. The van der Waals surface area contributed by atoms with E-state index >= 15 is 0 Å². The molecular weight excluding hydrogens is 180 g/mol. The van der Waals surface area contributed by atoms with Gasteiger partial charge < -0.3 is 14.7 Å². The van der Waals surface area contributed by atoms with Gasteiger partial charge in [0.05, 0.1) is 6.20 Å². The van der Waals surface area contributed by atoms with Crippen LogP contribution in [0, 0.1) is 6.92 Å². The average molecular weight is 192 g/mol. The van der Waals surface area contributed by atoms with Crippen molar-refractivity contribution in [1.82, 2.24) is 20.3 Å². The van der Waals surface area contributed by atoms with Crippen molar-refractivity contribution in [3.05, 3.63) is 24.0 Å². The van der Waals surface area contributed by atoms with Gasteiger partial charge in [-0.25, -0.2) is 9.97 Å². The molecule has 2 rings (SSSR count). The molecule has 0 radical (unpaired) electrons. The Labute approximate surface area is 81.6 Å². The second-order valence-corrected chi connectivity index (χ2v) is 3.04. The van der Waals surface area contributed by atoms with Crippen LogP contribution in [0.4, 0.5) is 0 Å². The number of nitrogens with one attached hydrogen (secondary N) is 2. The summed E-state index contributed by atoms with van der Waals surface area (Å²) in [5.41, 5.74) is 1.77. The van der Waals surface area contributed by atoms with Crippen LogP contribution in [0.1, 0.15) is 11.6 Å². The fraction of sp³-hybridized carbons (Fsp3) is 0.333. The molecule has 0 aliphatic heterocycles. The SMILES string of the molecule is CNCc1cnc(-c2coc(C)n2)[nH]1. The molecule has 0 saturated carbocycles. The molecule has 0 unspecified atom stereocenters. The lowest BCUT2D eigenvalue weighted by Crippen LogP contribution is -2.04. The van der Waals surface area contributed by atoms with Gasteiger partial charge in [-0.15, -0.1) is 0 Å². The maximum Gasteiger partial charge on any atom is 0.191 e. The number of imidazole rings is 1. The van der Waals surface area contributed by atoms with Gasteiger partial charge in [-0.1, -0.05) is 0 Å². The Morgan fingerprint density at radius 1 is 1.57 bits per heavy atom. The van der Waals surface area contributed by atoms with E-state index < -0.39 is 0 Å². The zero-order valence-electron chi connectivity index (χ0n) is 8.16. The van der Waals surface area contributed by atoms with Crippen molar-refractivity contribution < 1.29 is 4.42 Å². The van der Waals surface area contributed by atoms with Crippen molar-refractivity contribution in [2.24, 2.45) is 0 Å². The van der Waals surface area contributed by atoms with E-state index in [4.69, 9.17) is 4.42 Å². The third-order valence-electron chi connectivity index (χ3n) is 1.86. The minimum Gasteiger partial charge on any atom is -0.449 e. The fourth-order valence-electron chi connectivity index (χ4n) is 1.24. The second kappa shape index (κ2) is 3.63. The molecule has 74 valence electrons. The molecule has 5 heteroatoms. The highest BCUT2D eigenvalue weighted by atomic mass is 16.3. The highest BCUT2D eigenvalue weighted by Crippen LogP contribution is 2.14. The van der Waals surface area contributed by atoms with E-state index in [0.717, 1.165) is 23.8 Å². The van der Waals surface area contributed by atoms with Gasteiger partial charge in [-0.2, -0.15) is 0 Å². The molecule has 0 fully saturated rings. The van der Waals surface area contributed by atoms with Crippen molar-refractivity contribution in [3.8, 4) is 11.5 Å². The molecule has 2 aromatic heterocycles. The summed E-state index contributed by atoms with van der Waals surface area (Å²) in [6, 6.07) is 0. The van der Waals surface area contributed by atoms with Gasteiger partial charge in [0.15, 0.2) is 11.7 Å². The minimum absolute atomic E-state index is 0.645. The van der Waals surface area contributed by atoms with E-state index in [1.165, 1.54) is 0 Å². The lowest BCUT2D eigenvalue weighted by molar-refractivity contribution is 0.521. The monoisotopic (exact) mass is 192 g/mol. The van der Waals surface area contributed by atoms with Crippen LogP contribution in [-0.4, -0.2) is 22.0 Å². The largest absolute Gasteiger partial charge is 0.449 e. The smallest absolute Gasteiger partial charge is 0.191 e. The first kappa shape index (κ1) is 8.96. The third kappa shape index (κ3) is 1.67. The van der Waals surface area contributed by atoms with Crippen molar-refractivity contribution in [3.63, 3.8) is 0 Å². The quantitative estimate of drug-likeness (QED) is 0.764. The van der Waals surface area contributed by atoms with Crippen LogP contribution in [-0.2, 0) is 6.54 Å². The maximum atomic E-state index is 5.10. The number of nitrogens with zero attached hydrogens (tertiary/aromatic N) is 2. The maximum absolute atomic E-state index is 5.10. The number of rotatable bonds is 3. The molecule has 0 amide bonds. The zero-order chi connectivity index (χ0) is 9.97. The number of hydrogen-bond acceptors (Lipinski definition) is 4. The fourth-order valence-corrected chi connectivity index (χ4v) is 1.24. The van der Waals surface area contributed by atoms with E-state index in [-0.39, 0.29) is 0 Å². The summed E-state index contributed by atoms with van der Waals surface area (Å²) in [4.78, 5) is 11.5. The summed E-state index contributed by atoms with van der Waals surface area (Å²) in [6.45, 7) is 2.57. The zero-order valence-corrected chi connectivity index (χ0v) is 8.16. The first-order valence-electron chi connectivity index (χ1n) is 4.40. The number of aromatic nitrogens is 3. The molecule has 0 saturated heterocycles. The molecule has 0 aliphatic carbocycles. The molecular formula is C9H12N4O. The predicted molar refractivity (Wildman–Crippen MR) is 51.6 cm³/mol. The Morgan fingerprint density at radius 2 is 2.43 bits per heavy atom. The van der Waals surface area contributed by atoms with E-state index in [1.54, 1.807) is 19.4 Å². The summed E-state index contributed by atoms with van der Waals surface area (Å²) in [5.74, 6) is 1.39. The molecule has 5 nitrogen and oxygen atoms in total. The summed E-state index contributed by atoms with van der Waals surface area (Å²) >= 11 is 0. The molecule has 0 aliphatic rings. The van der Waals surface area contributed by atoms with E-state index in [9.17, 15) is 0 Å². The molecule has 0 bridgehead atoms. The second-order valence-electron chi connectivity index (χ2n) is 3.04. The molecule has 2 heterocycles. The van der Waals surface area contributed by atoms with Crippen LogP contribution in [0.2, 0.25) is 0 Å². The Balaban J connectivity index is 2.24. The van der Waals surface area contributed by atoms with Gasteiger partial charge in [0.25, 0.3) is 0 Å². The number of aromatic amines is 1. The molecule has 14 heavy (non-hydrogen) atoms. The average Bonchev–Trinajstić information content (AvgIpc) is 2.74. The first-order valence-corrected chi connectivity index (χ1v) is 4.40. The minimum atomic E-state index is 0.645. The van der Waals surface area contributed by atoms with E-state index in [1.807, 2.05) is 7.05 Å². The van der Waals surface area contributed by atoms with E-state index in [2.05, 4.69) is 20.3 Å². The number of H-pyrrole nitrogens is 1. The Hall–Kier alpha value is -1.62. The van der Waals surface area contributed by atoms with Crippen molar-refractivity contribution in [2.45, 2.75) is 13.5 Å². The predicted octanol–water partition coefficient (Wildman–Crippen LogP) is 1.09. The van der Waals surface area contributed by atoms with Crippen LogP contribution in [0.15, 0.2) is 16.9 Å². The molecule has 0 aromatic carbocycles. The molecule has 2 N–H and O–H groups in total. The number of hydrogen-bond donors (Lipinski definition) is 2. The molecule has 2 aromatic rings. The van der Waals surface area contributed by atoms with E-state index in [0.29, 0.717) is 5.89 Å². The van der Waals surface area contributed by atoms with Crippen LogP contribution in [0.3, 0.4) is 0 Å². The summed E-state index contributed by atoms with van der Waals surface area (Å²) < 4.78 is 5.10. The Kier molecular flexibility index (Phi) is 2.32. The molecule has 0 atom stereocenters. The highest BCUT2D eigenvalue weighted by Gasteiger charge is 2.06. The van der Waals surface area contributed by atoms with Crippen molar-refractivity contribution in [1.29, 1.82) is 0 Å². The van der Waals surface area contributed by atoms with Crippen molar-refractivity contribution >= 4 is 0 Å². The van der Waals surface area contributed by atoms with Gasteiger partial charge in [-0.05, 0) is 7.05 Å². The first-order chi connectivity index (χ1) is 6.79. The lowest BCUT2D eigenvalue weighted by atomic mass is 10.4. The Bertz CT molecular complexity index is 418. The summed E-state index contributed by atoms with van der Waals surface area (Å²) in [6.07, 6.45) is 3.38. The van der Waals surface area contributed by atoms with Gasteiger partial charge in [0.1, 0.15) is 12.0 Å². The van der Waals surface area contributed by atoms with Gasteiger partial charge in [-0.3, -0.25) is 0 Å². The normalized spacial score (nSPS) is 10.7. The summed E-state index contributed by atoms with van der Waals surface area (Å²) in [7, 11) is 1.89. The van der Waals surface area contributed by atoms with Crippen LogP contribution in [0.5, 0.6) is 0 Å². The van der Waals surface area contributed by atoms with Crippen LogP contribution >= 0.6 is 0 Å². The van der Waals surface area contributed by atoms with Gasteiger partial charge in [0, 0.05) is 19.2 Å². The summed E-state index contributed by atoms with van der Waals surface area (Å²) in [5, 5.41) is 3.04. The number of oxazole rings is 1. The Morgan fingerprint density at radius 3 is 3.07 bits per heavy atom. The van der Waals surface area contributed by atoms with Crippen LogP contribution < -0.4 is 5.32 Å². The molecule has 0 spiro atoms. The van der Waals surface area contributed by atoms with Crippen LogP contribution in [0.25, 0.3) is 11.5 Å². The standard InChI is InChI=1S/C9H12N4O/c1-6-12-8(5-14-6)9-11-4-7(13-9)3-10-2/h4-5,10H,3H2,1-2H3,(H,11,13). The number of aryl methyl sites for hydroxylation is 1. The third-order valence-corrected chi connectivity index (χ3v) is 1.86.